The molecule has 1 aliphatic heterocycles. The van der Waals surface area contributed by atoms with Gasteiger partial charge >= 0.3 is 0 Å². The predicted octanol–water partition coefficient (Wildman–Crippen LogP) is 5.32. The number of likely N-dealkylation sites (N-methyl/N-ethyl adjacent to an activating group) is 1. The lowest BCUT2D eigenvalue weighted by molar-refractivity contribution is -0.121. The van der Waals surface area contributed by atoms with Crippen LogP contribution in [0.3, 0.4) is 0 Å². The molecule has 2 aromatic carbocycles. The molecule has 0 radical (unpaired) electrons. The summed E-state index contributed by atoms with van der Waals surface area (Å²) in [7, 11) is 1.51. The van der Waals surface area contributed by atoms with E-state index in [0.29, 0.717) is 16.5 Å². The van der Waals surface area contributed by atoms with Gasteiger partial charge in [-0.3, -0.25) is 14.5 Å². The number of fused-ring (bicyclic) bond motifs is 1. The van der Waals surface area contributed by atoms with E-state index in [-0.39, 0.29) is 11.1 Å². The first-order chi connectivity index (χ1) is 13.0. The van der Waals surface area contributed by atoms with Gasteiger partial charge in [-0.25, -0.2) is 0 Å². The van der Waals surface area contributed by atoms with Crippen molar-refractivity contribution < 1.29 is 9.59 Å². The minimum absolute atomic E-state index is 0.242. The smallest absolute Gasteiger partial charge is 0.293 e. The first-order valence-electron chi connectivity index (χ1n) is 8.49. The monoisotopic (exact) mass is 396 g/mol. The van der Waals surface area contributed by atoms with Gasteiger partial charge < -0.3 is 4.57 Å². The van der Waals surface area contributed by atoms with Crippen molar-refractivity contribution in [3.63, 3.8) is 0 Å². The number of hydrogen-bond donors (Lipinski definition) is 0. The van der Waals surface area contributed by atoms with Crippen molar-refractivity contribution in [1.82, 2.24) is 9.47 Å². The van der Waals surface area contributed by atoms with Gasteiger partial charge in [-0.2, -0.15) is 0 Å². The fraction of sp³-hybridized carbons (Fsp3) is 0.143. The molecular formula is C21H17ClN2O2S. The first-order valence-corrected chi connectivity index (χ1v) is 9.69. The van der Waals surface area contributed by atoms with E-state index in [2.05, 4.69) is 10.6 Å². The van der Waals surface area contributed by atoms with Crippen LogP contribution in [0.15, 0.2) is 53.4 Å². The van der Waals surface area contributed by atoms with Gasteiger partial charge in [-0.05, 0) is 48.5 Å². The molecule has 2 amide bonds. The topological polar surface area (TPSA) is 42.3 Å². The summed E-state index contributed by atoms with van der Waals surface area (Å²) in [5, 5.41) is 1.53. The second kappa shape index (κ2) is 6.91. The molecule has 136 valence electrons. The molecule has 6 heteroatoms. The minimum atomic E-state index is -0.251. The summed E-state index contributed by atoms with van der Waals surface area (Å²) in [6.45, 7) is 2.74. The highest BCUT2D eigenvalue weighted by Gasteiger charge is 2.32. The summed E-state index contributed by atoms with van der Waals surface area (Å²) >= 11 is 6.98. The van der Waals surface area contributed by atoms with Crippen molar-refractivity contribution in [3.8, 4) is 0 Å². The molecule has 1 saturated heterocycles. The van der Waals surface area contributed by atoms with Crippen LogP contribution in [0.5, 0.6) is 0 Å². The van der Waals surface area contributed by atoms with Crippen LogP contribution in [0, 0.1) is 6.92 Å². The molecule has 0 aliphatic carbocycles. The van der Waals surface area contributed by atoms with E-state index < -0.39 is 0 Å². The Bertz CT molecular complexity index is 1100. The Morgan fingerprint density at radius 2 is 1.78 bits per heavy atom. The highest BCUT2D eigenvalue weighted by atomic mass is 35.5. The Labute approximate surface area is 166 Å². The summed E-state index contributed by atoms with van der Waals surface area (Å²) in [4.78, 5) is 25.7. The van der Waals surface area contributed by atoms with E-state index in [4.69, 9.17) is 11.6 Å². The quantitative estimate of drug-likeness (QED) is 0.563. The summed E-state index contributed by atoms with van der Waals surface area (Å²) < 4.78 is 2.22. The zero-order chi connectivity index (χ0) is 19.1. The Kier molecular flexibility index (Phi) is 4.58. The van der Waals surface area contributed by atoms with Crippen LogP contribution in [0.1, 0.15) is 16.8 Å². The lowest BCUT2D eigenvalue weighted by Crippen LogP contribution is -2.22. The number of rotatable bonds is 3. The third kappa shape index (κ3) is 3.17. The van der Waals surface area contributed by atoms with E-state index in [1.165, 1.54) is 7.05 Å². The van der Waals surface area contributed by atoms with E-state index in [9.17, 15) is 9.59 Å². The van der Waals surface area contributed by atoms with E-state index in [1.54, 1.807) is 0 Å². The lowest BCUT2D eigenvalue weighted by Gasteiger charge is -2.09. The summed E-state index contributed by atoms with van der Waals surface area (Å²) in [5.74, 6) is -0.251. The van der Waals surface area contributed by atoms with Gasteiger partial charge in [0.1, 0.15) is 0 Å². The third-order valence-electron chi connectivity index (χ3n) is 4.80. The molecule has 1 fully saturated rings. The molecule has 1 aliphatic rings. The normalized spacial score (nSPS) is 16.1. The van der Waals surface area contributed by atoms with Crippen LogP contribution < -0.4 is 0 Å². The highest BCUT2D eigenvalue weighted by molar-refractivity contribution is 8.18. The third-order valence-corrected chi connectivity index (χ3v) is 6.01. The average molecular weight is 397 g/mol. The van der Waals surface area contributed by atoms with Crippen LogP contribution in [-0.4, -0.2) is 27.7 Å². The summed E-state index contributed by atoms with van der Waals surface area (Å²) in [6, 6.07) is 15.9. The molecule has 4 rings (SSSR count). The number of hydrogen-bond acceptors (Lipinski definition) is 3. The van der Waals surface area contributed by atoms with E-state index in [0.717, 1.165) is 44.4 Å². The van der Waals surface area contributed by atoms with Crippen molar-refractivity contribution in [2.24, 2.45) is 0 Å². The number of imide groups is 1. The van der Waals surface area contributed by atoms with Gasteiger partial charge in [-0.15, -0.1) is 0 Å². The fourth-order valence-electron chi connectivity index (χ4n) is 3.29. The van der Waals surface area contributed by atoms with Gasteiger partial charge in [0, 0.05) is 40.8 Å². The van der Waals surface area contributed by atoms with Crippen molar-refractivity contribution in [2.75, 3.05) is 7.05 Å². The number of nitrogens with zero attached hydrogens (tertiary/aromatic N) is 2. The van der Waals surface area contributed by atoms with Crippen LogP contribution in [0.4, 0.5) is 4.79 Å². The largest absolute Gasteiger partial charge is 0.340 e. The number of para-hydroxylation sites is 1. The van der Waals surface area contributed by atoms with Gasteiger partial charge in [0.25, 0.3) is 11.1 Å². The van der Waals surface area contributed by atoms with E-state index >= 15 is 0 Å². The molecule has 0 spiro atoms. The van der Waals surface area contributed by atoms with Crippen LogP contribution in [0.25, 0.3) is 17.0 Å². The number of benzene rings is 2. The number of halogens is 1. The van der Waals surface area contributed by atoms with Crippen LogP contribution in [-0.2, 0) is 11.3 Å². The van der Waals surface area contributed by atoms with Gasteiger partial charge in [0.2, 0.25) is 0 Å². The SMILES string of the molecule is Cc1c(/C=C2\SC(=O)N(C)C2=O)c2ccccc2n1Cc1ccc(Cl)cc1. The Balaban J connectivity index is 1.83. The van der Waals surface area contributed by atoms with Crippen LogP contribution in [0.2, 0.25) is 5.02 Å². The number of amides is 2. The molecule has 0 N–H and O–H groups in total. The molecule has 1 aromatic heterocycles. The average Bonchev–Trinajstić information content (AvgIpc) is 3.07. The molecule has 0 bridgehead atoms. The Morgan fingerprint density at radius 1 is 1.07 bits per heavy atom. The van der Waals surface area contributed by atoms with E-state index in [1.807, 2.05) is 55.5 Å². The summed E-state index contributed by atoms with van der Waals surface area (Å²) in [6.07, 6.45) is 1.84. The van der Waals surface area contributed by atoms with Crippen molar-refractivity contribution in [3.05, 3.63) is 75.3 Å². The van der Waals surface area contributed by atoms with Gasteiger partial charge in [0.05, 0.1) is 4.91 Å². The first kappa shape index (κ1) is 17.9. The standard InChI is InChI=1S/C21H17ClN2O2S/c1-13-17(11-19-20(25)23(2)21(26)27-19)16-5-3-4-6-18(16)24(13)12-14-7-9-15(22)10-8-14/h3-11H,12H2,1-2H3/b19-11-. The maximum absolute atomic E-state index is 12.3. The van der Waals surface area contributed by atoms with Crippen LogP contribution >= 0.6 is 23.4 Å². The number of aromatic nitrogens is 1. The van der Waals surface area contributed by atoms with Crippen molar-refractivity contribution >= 4 is 51.5 Å². The predicted molar refractivity (Wildman–Crippen MR) is 111 cm³/mol. The maximum atomic E-state index is 12.3. The highest BCUT2D eigenvalue weighted by Crippen LogP contribution is 2.35. The second-order valence-electron chi connectivity index (χ2n) is 6.47. The number of carbonyl (C=O) groups excluding carboxylic acids is 2. The molecule has 2 heterocycles. The lowest BCUT2D eigenvalue weighted by atomic mass is 10.1. The minimum Gasteiger partial charge on any atom is -0.340 e. The molecule has 27 heavy (non-hydrogen) atoms. The van der Waals surface area contributed by atoms with Crippen molar-refractivity contribution in [2.45, 2.75) is 13.5 Å². The molecular weight excluding hydrogens is 380 g/mol. The zero-order valence-corrected chi connectivity index (χ0v) is 16.5. The Morgan fingerprint density at radius 3 is 2.44 bits per heavy atom. The molecule has 0 atom stereocenters. The van der Waals surface area contributed by atoms with Gasteiger partial charge in [0.15, 0.2) is 0 Å². The second-order valence-corrected chi connectivity index (χ2v) is 7.90. The maximum Gasteiger partial charge on any atom is 0.293 e. The number of carbonyl (C=O) groups is 2. The molecule has 0 unspecified atom stereocenters. The fourth-order valence-corrected chi connectivity index (χ4v) is 4.23. The molecule has 0 saturated carbocycles. The van der Waals surface area contributed by atoms with Gasteiger partial charge in [-0.1, -0.05) is 41.9 Å². The molecule has 3 aromatic rings. The Hall–Kier alpha value is -2.50. The number of thioether (sulfide) groups is 1. The summed E-state index contributed by atoms with van der Waals surface area (Å²) in [5.41, 5.74) is 4.25. The molecule has 4 nitrogen and oxygen atoms in total. The zero-order valence-electron chi connectivity index (χ0n) is 14.9. The van der Waals surface area contributed by atoms with Crippen molar-refractivity contribution in [1.29, 1.82) is 0 Å².